The third-order valence-corrected chi connectivity index (χ3v) is 3.79. The van der Waals surface area contributed by atoms with Crippen molar-refractivity contribution in [2.45, 2.75) is 5.16 Å². The maximum Gasteiger partial charge on any atom is 0.313 e. The van der Waals surface area contributed by atoms with Gasteiger partial charge in [0.1, 0.15) is 17.4 Å². The van der Waals surface area contributed by atoms with Gasteiger partial charge in [-0.3, -0.25) is 9.89 Å². The van der Waals surface area contributed by atoms with Crippen molar-refractivity contribution in [3.8, 4) is 0 Å². The van der Waals surface area contributed by atoms with E-state index in [1.807, 2.05) is 0 Å². The van der Waals surface area contributed by atoms with Gasteiger partial charge in [0, 0.05) is 5.02 Å². The lowest BCUT2D eigenvalue weighted by Crippen LogP contribution is -1.97. The first-order valence-electron chi connectivity index (χ1n) is 6.64. The second-order valence-corrected chi connectivity index (χ2v) is 5.78. The third kappa shape index (κ3) is 5.10. The Hall–Kier alpha value is -2.32. The van der Waals surface area contributed by atoms with E-state index in [9.17, 15) is 9.18 Å². The highest BCUT2D eigenvalue weighted by molar-refractivity contribution is 7.99. The van der Waals surface area contributed by atoms with Crippen LogP contribution in [-0.4, -0.2) is 39.1 Å². The zero-order chi connectivity index (χ0) is 17.5. The number of H-pyrrole nitrogens is 1. The fourth-order valence-corrected chi connectivity index (χ4v) is 2.40. The Morgan fingerprint density at radius 3 is 3.04 bits per heavy atom. The van der Waals surface area contributed by atoms with Crippen molar-refractivity contribution in [1.29, 1.82) is 0 Å². The maximum atomic E-state index is 13.8. The minimum absolute atomic E-state index is 0.122. The normalized spacial score (nSPS) is 11.9. The first-order chi connectivity index (χ1) is 11.5. The van der Waals surface area contributed by atoms with E-state index in [0.717, 1.165) is 11.8 Å². The van der Waals surface area contributed by atoms with Crippen molar-refractivity contribution in [3.63, 3.8) is 0 Å². The number of allylic oxidation sites excluding steroid dienone is 2. The van der Waals surface area contributed by atoms with Crippen LogP contribution in [0.5, 0.6) is 0 Å². The van der Waals surface area contributed by atoms with Crippen molar-refractivity contribution in [2.24, 2.45) is 0 Å². The molecule has 0 atom stereocenters. The fourth-order valence-electron chi connectivity index (χ4n) is 1.70. The molecule has 126 valence electrons. The van der Waals surface area contributed by atoms with E-state index in [1.54, 1.807) is 18.2 Å². The average Bonchev–Trinajstić information content (AvgIpc) is 3.00. The fraction of sp³-hybridized carbons (Fsp3) is 0.133. The Morgan fingerprint density at radius 2 is 2.33 bits per heavy atom. The Labute approximate surface area is 146 Å². The Kier molecular flexibility index (Phi) is 6.39. The summed E-state index contributed by atoms with van der Waals surface area (Å²) >= 11 is 6.87. The second-order valence-electron chi connectivity index (χ2n) is 4.40. The minimum Gasteiger partial charge on any atom is -0.496 e. The number of halogens is 2. The Morgan fingerprint density at radius 1 is 1.54 bits per heavy atom. The maximum absolute atomic E-state index is 13.8. The number of thioether (sulfide) groups is 1. The van der Waals surface area contributed by atoms with Gasteiger partial charge in [-0.05, 0) is 30.4 Å². The van der Waals surface area contributed by atoms with Gasteiger partial charge in [-0.1, -0.05) is 29.4 Å². The summed E-state index contributed by atoms with van der Waals surface area (Å²) in [6.07, 6.45) is 4.76. The van der Waals surface area contributed by atoms with E-state index in [1.165, 1.54) is 25.3 Å². The predicted molar refractivity (Wildman–Crippen MR) is 90.2 cm³/mol. The quantitative estimate of drug-likeness (QED) is 0.441. The summed E-state index contributed by atoms with van der Waals surface area (Å²) in [5.41, 5.74) is 0.241. The Bertz CT molecular complexity index is 792. The van der Waals surface area contributed by atoms with Crippen LogP contribution >= 0.6 is 23.4 Å². The molecule has 2 aromatic rings. The lowest BCUT2D eigenvalue weighted by Gasteiger charge is -2.07. The summed E-state index contributed by atoms with van der Waals surface area (Å²) in [6, 6.07) is 4.18. The molecule has 0 fully saturated rings. The number of carboxylic acids is 1. The van der Waals surface area contributed by atoms with Crippen molar-refractivity contribution in [1.82, 2.24) is 15.2 Å². The van der Waals surface area contributed by atoms with Crippen molar-refractivity contribution < 1.29 is 19.0 Å². The topological polar surface area (TPSA) is 88.1 Å². The van der Waals surface area contributed by atoms with Gasteiger partial charge >= 0.3 is 5.97 Å². The lowest BCUT2D eigenvalue weighted by atomic mass is 10.1. The molecule has 1 heterocycles. The number of ether oxygens (including phenoxy) is 1. The molecule has 0 radical (unpaired) electrons. The highest BCUT2D eigenvalue weighted by Crippen LogP contribution is 2.23. The molecule has 24 heavy (non-hydrogen) atoms. The monoisotopic (exact) mass is 369 g/mol. The van der Waals surface area contributed by atoms with Gasteiger partial charge in [0.05, 0.1) is 18.4 Å². The number of methoxy groups -OCH3 is 1. The molecule has 9 heteroatoms. The largest absolute Gasteiger partial charge is 0.496 e. The number of carboxylic acid groups (broad SMARTS) is 1. The van der Waals surface area contributed by atoms with E-state index < -0.39 is 11.8 Å². The summed E-state index contributed by atoms with van der Waals surface area (Å²) in [7, 11) is 1.43. The van der Waals surface area contributed by atoms with Gasteiger partial charge < -0.3 is 9.84 Å². The molecule has 0 aliphatic carbocycles. The summed E-state index contributed by atoms with van der Waals surface area (Å²) in [6.45, 7) is 0. The second kappa shape index (κ2) is 8.51. The van der Waals surface area contributed by atoms with Crippen LogP contribution in [0.25, 0.3) is 11.8 Å². The van der Waals surface area contributed by atoms with Crippen LogP contribution < -0.4 is 0 Å². The van der Waals surface area contributed by atoms with Crippen LogP contribution in [0, 0.1) is 5.82 Å². The summed E-state index contributed by atoms with van der Waals surface area (Å²) in [5, 5.41) is 15.9. The highest BCUT2D eigenvalue weighted by Gasteiger charge is 2.08. The van der Waals surface area contributed by atoms with Gasteiger partial charge in [-0.25, -0.2) is 9.37 Å². The lowest BCUT2D eigenvalue weighted by molar-refractivity contribution is -0.133. The first-order valence-corrected chi connectivity index (χ1v) is 8.00. The zero-order valence-electron chi connectivity index (χ0n) is 12.5. The number of aliphatic carboxylic acids is 1. The van der Waals surface area contributed by atoms with E-state index >= 15 is 0 Å². The number of nitrogens with one attached hydrogen (secondary N) is 1. The van der Waals surface area contributed by atoms with Crippen LogP contribution in [-0.2, 0) is 9.53 Å². The SMILES string of the molecule is CO/C(=C\C=C\c1nc(SCC(=O)O)n[nH]1)c1cc(Cl)ccc1F. The molecule has 6 nitrogen and oxygen atoms in total. The molecule has 0 amide bonds. The number of carbonyl (C=O) groups is 1. The number of hydrogen-bond acceptors (Lipinski definition) is 5. The number of aromatic amines is 1. The number of nitrogens with zero attached hydrogens (tertiary/aromatic N) is 2. The highest BCUT2D eigenvalue weighted by atomic mass is 35.5. The van der Waals surface area contributed by atoms with Crippen LogP contribution in [0.2, 0.25) is 5.02 Å². The molecule has 0 bridgehead atoms. The van der Waals surface area contributed by atoms with Gasteiger partial charge in [-0.15, -0.1) is 5.10 Å². The molecule has 0 saturated heterocycles. The molecule has 2 N–H and O–H groups in total. The van der Waals surface area contributed by atoms with E-state index in [0.29, 0.717) is 21.8 Å². The molecule has 0 aliphatic rings. The standard InChI is InChI=1S/C15H13ClFN3O3S/c1-23-12(10-7-9(16)5-6-11(10)17)3-2-4-13-18-15(20-19-13)24-8-14(21)22/h2-7H,8H2,1H3,(H,21,22)(H,18,19,20)/b4-2+,12-3-. The minimum atomic E-state index is -0.946. The molecule has 0 saturated carbocycles. The molecule has 0 spiro atoms. The number of aromatic nitrogens is 3. The smallest absolute Gasteiger partial charge is 0.313 e. The molecule has 0 aliphatic heterocycles. The molecule has 1 aromatic heterocycles. The Balaban J connectivity index is 2.11. The van der Waals surface area contributed by atoms with Crippen LogP contribution in [0.1, 0.15) is 11.4 Å². The van der Waals surface area contributed by atoms with E-state index in [2.05, 4.69) is 15.2 Å². The van der Waals surface area contributed by atoms with Crippen molar-refractivity contribution >= 4 is 41.2 Å². The summed E-state index contributed by atoms with van der Waals surface area (Å²) in [5.74, 6) is -0.790. The summed E-state index contributed by atoms with van der Waals surface area (Å²) in [4.78, 5) is 14.6. The number of rotatable bonds is 7. The predicted octanol–water partition coefficient (Wildman–Crippen LogP) is 3.47. The van der Waals surface area contributed by atoms with Crippen molar-refractivity contribution in [3.05, 3.63) is 52.6 Å². The number of benzene rings is 1. The zero-order valence-corrected chi connectivity index (χ0v) is 14.1. The molecule has 0 unspecified atom stereocenters. The molecular formula is C15H13ClFN3O3S. The van der Waals surface area contributed by atoms with Gasteiger partial charge in [0.2, 0.25) is 5.16 Å². The van der Waals surface area contributed by atoms with E-state index in [4.69, 9.17) is 21.4 Å². The molecular weight excluding hydrogens is 357 g/mol. The number of hydrogen-bond donors (Lipinski definition) is 2. The first kappa shape index (κ1) is 18.0. The van der Waals surface area contributed by atoms with Crippen LogP contribution in [0.3, 0.4) is 0 Å². The van der Waals surface area contributed by atoms with Gasteiger partial charge in [0.25, 0.3) is 0 Å². The molecule has 2 rings (SSSR count). The van der Waals surface area contributed by atoms with Crippen LogP contribution in [0.15, 0.2) is 35.5 Å². The van der Waals surface area contributed by atoms with E-state index in [-0.39, 0.29) is 11.3 Å². The van der Waals surface area contributed by atoms with Gasteiger partial charge in [0.15, 0.2) is 0 Å². The molecule has 1 aromatic carbocycles. The average molecular weight is 370 g/mol. The van der Waals surface area contributed by atoms with Gasteiger partial charge in [-0.2, -0.15) is 0 Å². The third-order valence-electron chi connectivity index (χ3n) is 2.72. The van der Waals surface area contributed by atoms with Crippen LogP contribution in [0.4, 0.5) is 4.39 Å². The summed E-state index contributed by atoms with van der Waals surface area (Å²) < 4.78 is 19.0. The van der Waals surface area contributed by atoms with Crippen molar-refractivity contribution in [2.75, 3.05) is 12.9 Å².